The number of halogens is 1. The maximum Gasteiger partial charge on any atom is 0.244 e. The van der Waals surface area contributed by atoms with Gasteiger partial charge in [0.2, 0.25) is 5.91 Å². The Labute approximate surface area is 164 Å². The van der Waals surface area contributed by atoms with Gasteiger partial charge < -0.3 is 15.2 Å². The second-order valence-electron chi connectivity index (χ2n) is 6.76. The third-order valence-corrected chi connectivity index (χ3v) is 4.66. The van der Waals surface area contributed by atoms with Crippen LogP contribution in [0.15, 0.2) is 54.6 Å². The molecule has 2 aromatic carbocycles. The Morgan fingerprint density at radius 3 is 2.68 bits per heavy atom. The molecule has 6 heteroatoms. The fraction of sp³-hybridized carbons (Fsp3) is 0.318. The molecule has 0 bridgehead atoms. The molecule has 5 nitrogen and oxygen atoms in total. The third-order valence-electron chi connectivity index (χ3n) is 4.66. The topological polar surface area (TPSA) is 61.8 Å². The first-order chi connectivity index (χ1) is 13.6. The van der Waals surface area contributed by atoms with Gasteiger partial charge >= 0.3 is 0 Å². The molecule has 28 heavy (non-hydrogen) atoms. The molecule has 1 saturated heterocycles. The van der Waals surface area contributed by atoms with Gasteiger partial charge in [-0.15, -0.1) is 0 Å². The van der Waals surface area contributed by atoms with E-state index >= 15 is 0 Å². The monoisotopic (exact) mass is 384 g/mol. The van der Waals surface area contributed by atoms with Crippen molar-refractivity contribution in [1.82, 2.24) is 10.2 Å². The number of hydrogen-bond donors (Lipinski definition) is 2. The zero-order valence-electron chi connectivity index (χ0n) is 15.7. The molecule has 1 aliphatic rings. The largest absolute Gasteiger partial charge is 0.394 e. The average Bonchev–Trinajstić information content (AvgIpc) is 2.72. The van der Waals surface area contributed by atoms with Gasteiger partial charge in [0.05, 0.1) is 25.9 Å². The predicted octanol–water partition coefficient (Wildman–Crippen LogP) is 2.52. The first kappa shape index (κ1) is 20.2. The molecule has 1 aliphatic heterocycles. The smallest absolute Gasteiger partial charge is 0.244 e. The fourth-order valence-corrected chi connectivity index (χ4v) is 3.13. The van der Waals surface area contributed by atoms with Crippen molar-refractivity contribution in [2.45, 2.75) is 12.6 Å². The lowest BCUT2D eigenvalue weighted by Gasteiger charge is -2.27. The Morgan fingerprint density at radius 1 is 1.21 bits per heavy atom. The summed E-state index contributed by atoms with van der Waals surface area (Å²) in [4.78, 5) is 14.5. The Morgan fingerprint density at radius 2 is 1.96 bits per heavy atom. The first-order valence-electron chi connectivity index (χ1n) is 9.38. The lowest BCUT2D eigenvalue weighted by Crippen LogP contribution is -2.35. The van der Waals surface area contributed by atoms with Crippen LogP contribution in [0.1, 0.15) is 22.7 Å². The summed E-state index contributed by atoms with van der Waals surface area (Å²) in [7, 11) is 0. The van der Waals surface area contributed by atoms with E-state index in [-0.39, 0.29) is 18.3 Å². The van der Waals surface area contributed by atoms with Crippen LogP contribution >= 0.6 is 0 Å². The van der Waals surface area contributed by atoms with Crippen LogP contribution in [0, 0.1) is 5.82 Å². The van der Waals surface area contributed by atoms with Crippen LogP contribution in [-0.4, -0.2) is 48.8 Å². The van der Waals surface area contributed by atoms with Crippen molar-refractivity contribution in [1.29, 1.82) is 0 Å². The molecule has 0 spiro atoms. The summed E-state index contributed by atoms with van der Waals surface area (Å²) in [6, 6.07) is 13.3. The lowest BCUT2D eigenvalue weighted by atomic mass is 10.0. The van der Waals surface area contributed by atoms with Crippen molar-refractivity contribution >= 4 is 12.0 Å². The summed E-state index contributed by atoms with van der Waals surface area (Å²) in [5.41, 5.74) is 2.72. The Balaban J connectivity index is 1.61. The number of carbonyl (C=O) groups excluding carboxylic acids is 1. The zero-order valence-corrected chi connectivity index (χ0v) is 15.7. The summed E-state index contributed by atoms with van der Waals surface area (Å²) >= 11 is 0. The Kier molecular flexibility index (Phi) is 7.31. The highest BCUT2D eigenvalue weighted by Crippen LogP contribution is 2.16. The molecule has 0 saturated carbocycles. The van der Waals surface area contributed by atoms with E-state index in [1.165, 1.54) is 18.2 Å². The molecule has 1 heterocycles. The molecule has 0 aromatic heterocycles. The molecule has 2 aromatic rings. The van der Waals surface area contributed by atoms with E-state index in [2.05, 4.69) is 10.2 Å². The van der Waals surface area contributed by atoms with E-state index in [0.29, 0.717) is 0 Å². The number of amides is 1. The summed E-state index contributed by atoms with van der Waals surface area (Å²) in [6.07, 6.45) is 2.99. The van der Waals surface area contributed by atoms with E-state index in [9.17, 15) is 14.3 Å². The van der Waals surface area contributed by atoms with E-state index < -0.39 is 6.04 Å². The Hall–Kier alpha value is -2.54. The van der Waals surface area contributed by atoms with Gasteiger partial charge in [-0.2, -0.15) is 0 Å². The number of benzene rings is 2. The van der Waals surface area contributed by atoms with Gasteiger partial charge in [-0.25, -0.2) is 4.39 Å². The summed E-state index contributed by atoms with van der Waals surface area (Å²) in [5, 5.41) is 12.6. The number of morpholine rings is 1. The number of nitrogens with one attached hydrogen (secondary N) is 1. The van der Waals surface area contributed by atoms with Crippen LogP contribution in [0.3, 0.4) is 0 Å². The number of ether oxygens (including phenoxy) is 1. The van der Waals surface area contributed by atoms with Gasteiger partial charge in [-0.3, -0.25) is 9.69 Å². The van der Waals surface area contributed by atoms with Crippen molar-refractivity contribution in [2.24, 2.45) is 0 Å². The van der Waals surface area contributed by atoms with Crippen LogP contribution in [0.5, 0.6) is 0 Å². The van der Waals surface area contributed by atoms with Gasteiger partial charge in [0, 0.05) is 25.7 Å². The molecule has 1 fully saturated rings. The predicted molar refractivity (Wildman–Crippen MR) is 106 cm³/mol. The SMILES string of the molecule is O=C(/C=C/c1ccc(F)cc1)N[C@H](CO)c1cccc(CN2CCOCC2)c1. The number of aliphatic hydroxyl groups excluding tert-OH is 1. The summed E-state index contributed by atoms with van der Waals surface area (Å²) in [6.45, 7) is 3.91. The lowest BCUT2D eigenvalue weighted by molar-refractivity contribution is -0.117. The zero-order chi connectivity index (χ0) is 19.8. The van der Waals surface area contributed by atoms with Crippen molar-refractivity contribution in [3.8, 4) is 0 Å². The second-order valence-corrected chi connectivity index (χ2v) is 6.76. The first-order valence-corrected chi connectivity index (χ1v) is 9.38. The van der Waals surface area contributed by atoms with Gasteiger partial charge in [0.25, 0.3) is 0 Å². The fourth-order valence-electron chi connectivity index (χ4n) is 3.13. The van der Waals surface area contributed by atoms with Crippen molar-refractivity contribution < 1.29 is 19.0 Å². The van der Waals surface area contributed by atoms with Gasteiger partial charge in [0.1, 0.15) is 5.82 Å². The van der Waals surface area contributed by atoms with Crippen LogP contribution in [0.2, 0.25) is 0 Å². The molecular formula is C22H25FN2O3. The quantitative estimate of drug-likeness (QED) is 0.720. The molecule has 3 rings (SSSR count). The highest BCUT2D eigenvalue weighted by atomic mass is 19.1. The maximum atomic E-state index is 12.9. The van der Waals surface area contributed by atoms with Crippen LogP contribution in [0.4, 0.5) is 4.39 Å². The highest BCUT2D eigenvalue weighted by molar-refractivity contribution is 5.92. The van der Waals surface area contributed by atoms with Crippen molar-refractivity contribution in [2.75, 3.05) is 32.9 Å². The molecule has 1 amide bonds. The number of aliphatic hydroxyl groups is 1. The molecule has 0 aliphatic carbocycles. The minimum atomic E-state index is -0.491. The van der Waals surface area contributed by atoms with Crippen molar-refractivity contribution in [3.05, 3.63) is 77.1 Å². The van der Waals surface area contributed by atoms with Crippen LogP contribution in [0.25, 0.3) is 6.08 Å². The number of carbonyl (C=O) groups is 1. The molecule has 2 N–H and O–H groups in total. The molecule has 1 atom stereocenters. The normalized spacial score (nSPS) is 16.2. The van der Waals surface area contributed by atoms with Gasteiger partial charge in [-0.1, -0.05) is 36.4 Å². The van der Waals surface area contributed by atoms with E-state index in [4.69, 9.17) is 4.74 Å². The molecule has 0 radical (unpaired) electrons. The standard InChI is InChI=1S/C22H25FN2O3/c23-20-7-4-17(5-8-20)6-9-22(27)24-21(16-26)19-3-1-2-18(14-19)15-25-10-12-28-13-11-25/h1-9,14,21,26H,10-13,15-16H2,(H,24,27)/b9-6+/t21-/m1/s1. The van der Waals surface area contributed by atoms with E-state index in [1.807, 2.05) is 24.3 Å². The van der Waals surface area contributed by atoms with Gasteiger partial charge in [-0.05, 0) is 34.9 Å². The number of nitrogens with zero attached hydrogens (tertiary/aromatic N) is 1. The van der Waals surface area contributed by atoms with Gasteiger partial charge in [0.15, 0.2) is 0 Å². The van der Waals surface area contributed by atoms with Crippen LogP contribution < -0.4 is 5.32 Å². The number of rotatable bonds is 7. The van der Waals surface area contributed by atoms with Crippen molar-refractivity contribution in [3.63, 3.8) is 0 Å². The summed E-state index contributed by atoms with van der Waals surface area (Å²) < 4.78 is 18.3. The third kappa shape index (κ3) is 5.99. The molecule has 148 valence electrons. The minimum absolute atomic E-state index is 0.197. The van der Waals surface area contributed by atoms with E-state index in [1.54, 1.807) is 18.2 Å². The second kappa shape index (κ2) is 10.1. The maximum absolute atomic E-state index is 12.9. The molecular weight excluding hydrogens is 359 g/mol. The Bertz CT molecular complexity index is 802. The molecule has 0 unspecified atom stereocenters. The minimum Gasteiger partial charge on any atom is -0.394 e. The number of hydrogen-bond acceptors (Lipinski definition) is 4. The highest BCUT2D eigenvalue weighted by Gasteiger charge is 2.15. The van der Waals surface area contributed by atoms with Crippen LogP contribution in [-0.2, 0) is 16.1 Å². The van der Waals surface area contributed by atoms with E-state index in [0.717, 1.165) is 49.5 Å². The average molecular weight is 384 g/mol. The summed E-state index contributed by atoms with van der Waals surface area (Å²) in [5.74, 6) is -0.638.